The van der Waals surface area contributed by atoms with Gasteiger partial charge in [0.15, 0.2) is 5.17 Å². The average Bonchev–Trinajstić information content (AvgIpc) is 3.26. The number of nitrogens with zero attached hydrogens (tertiary/aromatic N) is 3. The summed E-state index contributed by atoms with van der Waals surface area (Å²) in [6.07, 6.45) is -0.0688. The number of amides is 3. The first kappa shape index (κ1) is 24.5. The number of thioether (sulfide) groups is 1. The highest BCUT2D eigenvalue weighted by Gasteiger charge is 2.42. The lowest BCUT2D eigenvalue weighted by atomic mass is 10.1. The van der Waals surface area contributed by atoms with Gasteiger partial charge in [0.25, 0.3) is 5.91 Å². The molecule has 0 saturated carbocycles. The van der Waals surface area contributed by atoms with E-state index in [0.717, 1.165) is 16.7 Å². The van der Waals surface area contributed by atoms with Crippen molar-refractivity contribution in [3.05, 3.63) is 102 Å². The Morgan fingerprint density at radius 1 is 0.784 bits per heavy atom. The van der Waals surface area contributed by atoms with Crippen LogP contribution < -0.4 is 10.6 Å². The Hall–Kier alpha value is -4.24. The van der Waals surface area contributed by atoms with Gasteiger partial charge in [0.05, 0.1) is 17.9 Å². The van der Waals surface area contributed by atoms with Gasteiger partial charge in [-0.2, -0.15) is 4.99 Å². The van der Waals surface area contributed by atoms with Gasteiger partial charge < -0.3 is 10.6 Å². The van der Waals surface area contributed by atoms with E-state index in [9.17, 15) is 14.4 Å². The second-order valence-corrected chi connectivity index (χ2v) is 9.53. The van der Waals surface area contributed by atoms with E-state index in [-0.39, 0.29) is 24.0 Å². The normalized spacial score (nSPS) is 15.8. The lowest BCUT2D eigenvalue weighted by Gasteiger charge is -2.30. The van der Waals surface area contributed by atoms with Crippen LogP contribution in [0, 0.1) is 0 Å². The van der Waals surface area contributed by atoms with Gasteiger partial charge in [0, 0.05) is 18.7 Å². The molecule has 0 aromatic heterocycles. The van der Waals surface area contributed by atoms with Crippen molar-refractivity contribution in [2.75, 3.05) is 5.75 Å². The van der Waals surface area contributed by atoms with Crippen LogP contribution in [-0.4, -0.2) is 45.4 Å². The van der Waals surface area contributed by atoms with Gasteiger partial charge in [-0.3, -0.25) is 19.3 Å². The Morgan fingerprint density at radius 3 is 2.05 bits per heavy atom. The summed E-state index contributed by atoms with van der Waals surface area (Å²) < 4.78 is 0. The fourth-order valence-electron chi connectivity index (χ4n) is 4.12. The van der Waals surface area contributed by atoms with Crippen molar-refractivity contribution < 1.29 is 14.4 Å². The van der Waals surface area contributed by atoms with Gasteiger partial charge in [-0.25, -0.2) is 4.99 Å². The molecule has 2 aliphatic heterocycles. The second kappa shape index (κ2) is 11.2. The molecule has 0 aliphatic carbocycles. The number of benzene rings is 3. The molecule has 3 aromatic rings. The van der Waals surface area contributed by atoms with Gasteiger partial charge in [0.1, 0.15) is 11.9 Å². The Balaban J connectivity index is 1.28. The Bertz CT molecular complexity index is 1370. The van der Waals surface area contributed by atoms with Crippen LogP contribution in [0.1, 0.15) is 23.1 Å². The first-order chi connectivity index (χ1) is 18.1. The molecule has 0 bridgehead atoms. The summed E-state index contributed by atoms with van der Waals surface area (Å²) in [5.41, 5.74) is 3.37. The SMILES string of the molecule is O=C(CSC1=Nc2ccccc2C2=NC(=O)C(CC(=O)NCc3ccccc3)N12)NCc1ccccc1. The number of hydrogen-bond acceptors (Lipinski definition) is 6. The molecule has 37 heavy (non-hydrogen) atoms. The molecule has 2 aliphatic rings. The molecule has 0 saturated heterocycles. The van der Waals surface area contributed by atoms with Gasteiger partial charge in [-0.05, 0) is 23.3 Å². The van der Waals surface area contributed by atoms with E-state index in [1.165, 1.54) is 11.8 Å². The third kappa shape index (κ3) is 5.78. The summed E-state index contributed by atoms with van der Waals surface area (Å²) in [4.78, 5) is 49.0. The average molecular weight is 512 g/mol. The van der Waals surface area contributed by atoms with Crippen LogP contribution in [-0.2, 0) is 27.5 Å². The number of carbonyl (C=O) groups excluding carboxylic acids is 3. The minimum atomic E-state index is -0.822. The van der Waals surface area contributed by atoms with Crippen molar-refractivity contribution in [1.82, 2.24) is 15.5 Å². The van der Waals surface area contributed by atoms with E-state index < -0.39 is 11.9 Å². The molecule has 3 aromatic carbocycles. The lowest BCUT2D eigenvalue weighted by molar-refractivity contribution is -0.126. The minimum absolute atomic E-state index is 0.0688. The topological polar surface area (TPSA) is 103 Å². The molecule has 8 nitrogen and oxygen atoms in total. The van der Waals surface area contributed by atoms with Crippen LogP contribution in [0.4, 0.5) is 5.69 Å². The second-order valence-electron chi connectivity index (χ2n) is 8.59. The predicted molar refractivity (Wildman–Crippen MR) is 144 cm³/mol. The maximum Gasteiger partial charge on any atom is 0.271 e. The van der Waals surface area contributed by atoms with Crippen molar-refractivity contribution in [3.63, 3.8) is 0 Å². The largest absolute Gasteiger partial charge is 0.352 e. The lowest BCUT2D eigenvalue weighted by Crippen LogP contribution is -2.46. The zero-order valence-electron chi connectivity index (χ0n) is 20.0. The zero-order chi connectivity index (χ0) is 25.6. The molecule has 3 amide bonds. The van der Waals surface area contributed by atoms with Gasteiger partial charge in [0.2, 0.25) is 11.8 Å². The maximum absolute atomic E-state index is 13.0. The fraction of sp³-hybridized carbons (Fsp3) is 0.179. The molecule has 5 rings (SSSR count). The number of hydrogen-bond donors (Lipinski definition) is 2. The molecular weight excluding hydrogens is 486 g/mol. The van der Waals surface area contributed by atoms with Gasteiger partial charge >= 0.3 is 0 Å². The first-order valence-corrected chi connectivity index (χ1v) is 12.9. The summed E-state index contributed by atoms with van der Waals surface area (Å²) in [5, 5.41) is 6.26. The van der Waals surface area contributed by atoms with E-state index in [1.54, 1.807) is 4.90 Å². The summed E-state index contributed by atoms with van der Waals surface area (Å²) in [6, 6.07) is 25.8. The predicted octanol–water partition coefficient (Wildman–Crippen LogP) is 3.40. The van der Waals surface area contributed by atoms with E-state index in [0.29, 0.717) is 29.8 Å². The third-order valence-corrected chi connectivity index (χ3v) is 6.94. The molecule has 186 valence electrons. The number of fused-ring (bicyclic) bond motifs is 3. The first-order valence-electron chi connectivity index (χ1n) is 11.9. The minimum Gasteiger partial charge on any atom is -0.352 e. The van der Waals surface area contributed by atoms with Crippen LogP contribution in [0.3, 0.4) is 0 Å². The van der Waals surface area contributed by atoms with Crippen molar-refractivity contribution in [2.45, 2.75) is 25.6 Å². The monoisotopic (exact) mass is 511 g/mol. The van der Waals surface area contributed by atoms with Gasteiger partial charge in [-0.1, -0.05) is 84.6 Å². The molecule has 2 N–H and O–H groups in total. The summed E-state index contributed by atoms with van der Waals surface area (Å²) in [7, 11) is 0. The molecule has 2 heterocycles. The summed E-state index contributed by atoms with van der Waals surface area (Å²) in [6.45, 7) is 0.795. The zero-order valence-corrected chi connectivity index (χ0v) is 20.8. The van der Waals surface area contributed by atoms with Crippen molar-refractivity contribution in [2.24, 2.45) is 9.98 Å². The summed E-state index contributed by atoms with van der Waals surface area (Å²) >= 11 is 1.22. The standard InChI is InChI=1S/C28H25N5O3S/c34-24(29-16-19-9-3-1-4-10-19)15-23-27(36)32-26-21-13-7-8-14-22(21)31-28(33(23)26)37-18-25(35)30-17-20-11-5-2-6-12-20/h1-14,23H,15-18H2,(H,29,34)(H,30,35). The molecule has 0 radical (unpaired) electrons. The fourth-order valence-corrected chi connectivity index (χ4v) is 5.00. The van der Waals surface area contributed by atoms with E-state index >= 15 is 0 Å². The van der Waals surface area contributed by atoms with Crippen molar-refractivity contribution >= 4 is 46.2 Å². The Kier molecular flexibility index (Phi) is 7.41. The molecule has 9 heteroatoms. The number of rotatable bonds is 8. The number of aliphatic imine (C=N–C) groups is 2. The maximum atomic E-state index is 13.0. The Labute approximate surface area is 218 Å². The molecule has 1 unspecified atom stereocenters. The highest BCUT2D eigenvalue weighted by Crippen LogP contribution is 2.34. The van der Waals surface area contributed by atoms with Crippen LogP contribution in [0.25, 0.3) is 0 Å². The van der Waals surface area contributed by atoms with Crippen LogP contribution in [0.5, 0.6) is 0 Å². The van der Waals surface area contributed by atoms with E-state index in [4.69, 9.17) is 4.99 Å². The van der Waals surface area contributed by atoms with Crippen molar-refractivity contribution in [3.8, 4) is 0 Å². The van der Waals surface area contributed by atoms with Crippen molar-refractivity contribution in [1.29, 1.82) is 0 Å². The third-order valence-electron chi connectivity index (χ3n) is 5.98. The highest BCUT2D eigenvalue weighted by molar-refractivity contribution is 8.14. The summed E-state index contributed by atoms with van der Waals surface area (Å²) in [5.74, 6) is -0.246. The highest BCUT2D eigenvalue weighted by atomic mass is 32.2. The number of amidine groups is 2. The number of carbonyl (C=O) groups is 3. The van der Waals surface area contributed by atoms with Gasteiger partial charge in [-0.15, -0.1) is 0 Å². The molecular formula is C28H25N5O3S. The molecule has 0 spiro atoms. The quantitative estimate of drug-likeness (QED) is 0.483. The van der Waals surface area contributed by atoms with Crippen LogP contribution >= 0.6 is 11.8 Å². The Morgan fingerprint density at radius 2 is 1.38 bits per heavy atom. The number of para-hydroxylation sites is 1. The molecule has 1 atom stereocenters. The van der Waals surface area contributed by atoms with Crippen LogP contribution in [0.15, 0.2) is 94.9 Å². The van der Waals surface area contributed by atoms with Crippen LogP contribution in [0.2, 0.25) is 0 Å². The van der Waals surface area contributed by atoms with E-state index in [1.807, 2.05) is 84.9 Å². The number of nitrogens with one attached hydrogen (secondary N) is 2. The smallest absolute Gasteiger partial charge is 0.271 e. The van der Waals surface area contributed by atoms with E-state index in [2.05, 4.69) is 15.6 Å². The molecule has 0 fully saturated rings.